The van der Waals surface area contributed by atoms with E-state index in [2.05, 4.69) is 10.9 Å². The van der Waals surface area contributed by atoms with Crippen LogP contribution in [0.15, 0.2) is 47.4 Å². The van der Waals surface area contributed by atoms with Gasteiger partial charge in [-0.15, -0.1) is 6.42 Å². The van der Waals surface area contributed by atoms with Crippen molar-refractivity contribution in [2.75, 3.05) is 12.8 Å². The number of terminal acetylenes is 1. The number of nitrogens with zero attached hydrogens (tertiary/aromatic N) is 1. The summed E-state index contributed by atoms with van der Waals surface area (Å²) in [4.78, 5) is 27.1. The first-order chi connectivity index (χ1) is 17.4. The van der Waals surface area contributed by atoms with Gasteiger partial charge in [0, 0.05) is 6.20 Å². The Bertz CT molecular complexity index is 1310. The predicted molar refractivity (Wildman–Crippen MR) is 135 cm³/mol. The van der Waals surface area contributed by atoms with Crippen molar-refractivity contribution in [3.63, 3.8) is 0 Å². The maximum absolute atomic E-state index is 13.8. The third kappa shape index (κ3) is 6.76. The molecule has 3 N–H and O–H groups in total. The van der Waals surface area contributed by atoms with Gasteiger partial charge >= 0.3 is 19.3 Å². The molecule has 1 aromatic carbocycles. The summed E-state index contributed by atoms with van der Waals surface area (Å²) in [5.74, 6) is 0.987. The number of ether oxygens (including phenoxy) is 2. The second kappa shape index (κ2) is 11.7. The highest BCUT2D eigenvalue weighted by atomic mass is 32.1. The van der Waals surface area contributed by atoms with Gasteiger partial charge in [0.25, 0.3) is 0 Å². The summed E-state index contributed by atoms with van der Waals surface area (Å²) in [6.45, 7) is 4.19. The summed E-state index contributed by atoms with van der Waals surface area (Å²) in [5.41, 5.74) is -2.71. The van der Waals surface area contributed by atoms with Crippen LogP contribution < -0.4 is 10.2 Å². The number of aromatic nitrogens is 2. The maximum Gasteiger partial charge on any atom is 0.380 e. The molecule has 6 atom stereocenters. The molecule has 0 aliphatic carbocycles. The monoisotopic (exact) mass is 552 g/mol. The number of carbonyl (C=O) groups is 1. The van der Waals surface area contributed by atoms with Crippen molar-refractivity contribution in [3.8, 4) is 18.1 Å². The highest BCUT2D eigenvalue weighted by molar-refractivity contribution is 7.71. The summed E-state index contributed by atoms with van der Waals surface area (Å²) in [7, 11) is -4.11. The van der Waals surface area contributed by atoms with Crippen LogP contribution >= 0.6 is 19.8 Å². The molecule has 1 aromatic heterocycles. The van der Waals surface area contributed by atoms with Crippen molar-refractivity contribution in [2.24, 2.45) is 5.92 Å². The molecule has 200 valence electrons. The zero-order valence-electron chi connectivity index (χ0n) is 20.5. The molecule has 2 heterocycles. The van der Waals surface area contributed by atoms with E-state index in [0.29, 0.717) is 0 Å². The van der Waals surface area contributed by atoms with Gasteiger partial charge in [0.2, 0.25) is 0 Å². The number of carbonyl (C=O) groups excluding carboxylic acids is 1. The summed E-state index contributed by atoms with van der Waals surface area (Å²) in [6, 6.07) is 9.55. The van der Waals surface area contributed by atoms with Crippen molar-refractivity contribution in [1.29, 1.82) is 0 Å². The first-order valence-corrected chi connectivity index (χ1v) is 13.6. The van der Waals surface area contributed by atoms with Gasteiger partial charge in [0.15, 0.2) is 11.8 Å². The molecule has 2 unspecified atom stereocenters. The van der Waals surface area contributed by atoms with Crippen molar-refractivity contribution in [1.82, 2.24) is 9.55 Å². The van der Waals surface area contributed by atoms with Crippen LogP contribution in [0.5, 0.6) is 5.75 Å². The Morgan fingerprint density at radius 2 is 1.97 bits per heavy atom. The molecular formula is C24H29N2O9PS. The SMILES string of the molecule is C#C[C@]1(COP(=O)(C[C@@H](C)C(=O)OC(C)C)Oc2ccccc2)O[C@@H](n2ccc(=S)[nH]c2=O)C(O)[C@H]1O. The molecule has 0 bridgehead atoms. The standard InChI is InChI=1S/C24H29N2O9PS/c1-5-24(20(28)19(27)21(34-24)26-12-11-18(37)25-23(26)30)14-32-36(31,35-17-9-7-6-8-10-17)13-16(4)22(29)33-15(2)3/h1,6-12,15-16,19-21,27-28H,13-14H2,2-4H3,(H,25,30,37)/t16-,19?,20-,21-,24-,36?/m1/s1. The number of benzene rings is 1. The first-order valence-electron chi connectivity index (χ1n) is 11.4. The van der Waals surface area contributed by atoms with E-state index in [1.807, 2.05) is 0 Å². The Labute approximate surface area is 218 Å². The molecule has 2 aromatic rings. The molecular weight excluding hydrogens is 523 g/mol. The van der Waals surface area contributed by atoms with Crippen LogP contribution in [0.3, 0.4) is 0 Å². The number of hydrogen-bond donors (Lipinski definition) is 3. The number of H-pyrrole nitrogens is 1. The fourth-order valence-corrected chi connectivity index (χ4v) is 5.66. The third-order valence-corrected chi connectivity index (χ3v) is 7.75. The van der Waals surface area contributed by atoms with Gasteiger partial charge in [-0.25, -0.2) is 9.36 Å². The lowest BCUT2D eigenvalue weighted by Crippen LogP contribution is -2.45. The van der Waals surface area contributed by atoms with Gasteiger partial charge in [-0.2, -0.15) is 0 Å². The highest BCUT2D eigenvalue weighted by Crippen LogP contribution is 2.51. The molecule has 3 rings (SSSR count). The van der Waals surface area contributed by atoms with Crippen LogP contribution in [-0.2, 0) is 23.4 Å². The number of esters is 1. The quantitative estimate of drug-likeness (QED) is 0.174. The normalized spacial score (nSPS) is 25.7. The Morgan fingerprint density at radius 1 is 1.30 bits per heavy atom. The second-order valence-electron chi connectivity index (χ2n) is 8.85. The Kier molecular flexibility index (Phi) is 9.13. The Hall–Kier alpha value is -2.78. The van der Waals surface area contributed by atoms with Gasteiger partial charge in [-0.05, 0) is 32.0 Å². The molecule has 11 nitrogen and oxygen atoms in total. The zero-order valence-corrected chi connectivity index (χ0v) is 22.2. The summed E-state index contributed by atoms with van der Waals surface area (Å²) < 4.78 is 37.3. The molecule has 1 fully saturated rings. The molecule has 37 heavy (non-hydrogen) atoms. The smallest absolute Gasteiger partial charge is 0.380 e. The predicted octanol–water partition coefficient (Wildman–Crippen LogP) is 2.40. The van der Waals surface area contributed by atoms with Crippen LogP contribution in [0.1, 0.15) is 27.0 Å². The minimum atomic E-state index is -4.11. The number of para-hydroxylation sites is 1. The van der Waals surface area contributed by atoms with E-state index >= 15 is 0 Å². The molecule has 1 aliphatic rings. The average Bonchev–Trinajstić information content (AvgIpc) is 3.08. The van der Waals surface area contributed by atoms with Crippen LogP contribution in [0.2, 0.25) is 0 Å². The van der Waals surface area contributed by atoms with Gasteiger partial charge in [-0.3, -0.25) is 18.9 Å². The third-order valence-electron chi connectivity index (χ3n) is 5.51. The molecule has 0 spiro atoms. The largest absolute Gasteiger partial charge is 0.463 e. The second-order valence-corrected chi connectivity index (χ2v) is 11.3. The lowest BCUT2D eigenvalue weighted by Gasteiger charge is -2.29. The minimum Gasteiger partial charge on any atom is -0.463 e. The molecule has 0 radical (unpaired) electrons. The highest BCUT2D eigenvalue weighted by Gasteiger charge is 2.55. The molecule has 0 saturated carbocycles. The van der Waals surface area contributed by atoms with E-state index in [-0.39, 0.29) is 22.7 Å². The van der Waals surface area contributed by atoms with Gasteiger partial charge < -0.3 is 24.2 Å². The summed E-state index contributed by atoms with van der Waals surface area (Å²) >= 11 is 4.91. The van der Waals surface area contributed by atoms with Crippen LogP contribution in [0, 0.1) is 22.9 Å². The first kappa shape index (κ1) is 28.8. The molecule has 0 amide bonds. The number of aliphatic hydroxyl groups excluding tert-OH is 2. The topological polar surface area (TPSA) is 149 Å². The van der Waals surface area contributed by atoms with Crippen LogP contribution in [0.25, 0.3) is 0 Å². The van der Waals surface area contributed by atoms with E-state index in [9.17, 15) is 24.4 Å². The van der Waals surface area contributed by atoms with E-state index in [0.717, 1.165) is 4.57 Å². The average molecular weight is 553 g/mol. The van der Waals surface area contributed by atoms with Crippen molar-refractivity contribution >= 4 is 25.8 Å². The molecule has 1 saturated heterocycles. The van der Waals surface area contributed by atoms with Gasteiger partial charge in [-0.1, -0.05) is 43.3 Å². The van der Waals surface area contributed by atoms with E-state index in [1.165, 1.54) is 19.2 Å². The van der Waals surface area contributed by atoms with Crippen molar-refractivity contribution in [2.45, 2.75) is 50.9 Å². The summed E-state index contributed by atoms with van der Waals surface area (Å²) in [6.07, 6.45) is 1.42. The zero-order chi connectivity index (χ0) is 27.4. The minimum absolute atomic E-state index is 0.157. The Morgan fingerprint density at radius 3 is 2.57 bits per heavy atom. The number of rotatable bonds is 10. The van der Waals surface area contributed by atoms with Crippen LogP contribution in [-0.4, -0.2) is 62.4 Å². The maximum atomic E-state index is 13.8. The van der Waals surface area contributed by atoms with Crippen LogP contribution in [0.4, 0.5) is 0 Å². The number of aromatic amines is 1. The number of aliphatic hydroxyl groups is 2. The number of hydrogen-bond acceptors (Lipinski definition) is 10. The van der Waals surface area contributed by atoms with Crippen molar-refractivity contribution in [3.05, 3.63) is 57.7 Å². The lowest BCUT2D eigenvalue weighted by atomic mass is 9.97. The number of nitrogens with one attached hydrogen (secondary N) is 1. The lowest BCUT2D eigenvalue weighted by molar-refractivity contribution is -0.151. The fourth-order valence-electron chi connectivity index (χ4n) is 3.63. The fraction of sp³-hybridized carbons (Fsp3) is 0.458. The molecule has 1 aliphatic heterocycles. The van der Waals surface area contributed by atoms with Crippen molar-refractivity contribution < 1.29 is 38.1 Å². The van der Waals surface area contributed by atoms with Gasteiger partial charge in [0.05, 0.1) is 18.2 Å². The molecule has 13 heteroatoms. The van der Waals surface area contributed by atoms with Gasteiger partial charge in [0.1, 0.15) is 29.2 Å². The van der Waals surface area contributed by atoms with E-state index < -0.39 is 55.8 Å². The van der Waals surface area contributed by atoms with E-state index in [4.69, 9.17) is 37.2 Å². The Balaban J connectivity index is 1.87. The summed E-state index contributed by atoms with van der Waals surface area (Å²) in [5, 5.41) is 21.4. The van der Waals surface area contributed by atoms with E-state index in [1.54, 1.807) is 44.2 Å².